The van der Waals surface area contributed by atoms with Crippen LogP contribution in [0.15, 0.2) is 18.2 Å². The largest absolute Gasteiger partial charge is 0.489 e. The SMILES string of the molecule is OB(O)c1cc(F)cc2sc(I)cc12. The van der Waals surface area contributed by atoms with Crippen LogP contribution in [0.25, 0.3) is 10.1 Å². The Labute approximate surface area is 97.7 Å². The molecule has 14 heavy (non-hydrogen) atoms. The minimum absolute atomic E-state index is 0.221. The molecule has 0 unspecified atom stereocenters. The minimum Gasteiger partial charge on any atom is -0.423 e. The van der Waals surface area contributed by atoms with E-state index >= 15 is 0 Å². The molecule has 0 fully saturated rings. The molecule has 0 radical (unpaired) electrons. The molecule has 2 nitrogen and oxygen atoms in total. The molecule has 1 aromatic carbocycles. The summed E-state index contributed by atoms with van der Waals surface area (Å²) in [4.78, 5) is 0. The number of thiophene rings is 1. The summed E-state index contributed by atoms with van der Waals surface area (Å²) in [6.45, 7) is 0. The lowest BCUT2D eigenvalue weighted by atomic mass is 9.78. The van der Waals surface area contributed by atoms with E-state index in [1.807, 2.05) is 6.07 Å². The van der Waals surface area contributed by atoms with Crippen molar-refractivity contribution < 1.29 is 14.4 Å². The maximum Gasteiger partial charge on any atom is 0.489 e. The van der Waals surface area contributed by atoms with Gasteiger partial charge in [0.25, 0.3) is 0 Å². The fourth-order valence-corrected chi connectivity index (χ4v) is 3.18. The Kier molecular flexibility index (Phi) is 2.78. The second kappa shape index (κ2) is 3.76. The minimum atomic E-state index is -1.63. The van der Waals surface area contributed by atoms with Gasteiger partial charge in [0.15, 0.2) is 0 Å². The molecule has 0 bridgehead atoms. The molecule has 0 aliphatic heterocycles. The van der Waals surface area contributed by atoms with Gasteiger partial charge in [-0.1, -0.05) is 0 Å². The molecule has 1 aromatic heterocycles. The smallest absolute Gasteiger partial charge is 0.423 e. The monoisotopic (exact) mass is 322 g/mol. The van der Waals surface area contributed by atoms with Gasteiger partial charge in [0, 0.05) is 4.70 Å². The van der Waals surface area contributed by atoms with E-state index in [2.05, 4.69) is 22.6 Å². The van der Waals surface area contributed by atoms with Crippen LogP contribution in [-0.4, -0.2) is 17.2 Å². The first kappa shape index (κ1) is 10.3. The molecular formula is C8H5BFIO2S. The van der Waals surface area contributed by atoms with E-state index < -0.39 is 12.9 Å². The third-order valence-corrected chi connectivity index (χ3v) is 3.72. The van der Waals surface area contributed by atoms with Crippen molar-refractivity contribution in [2.45, 2.75) is 0 Å². The maximum atomic E-state index is 13.0. The molecule has 2 aromatic rings. The molecule has 0 amide bonds. The average molecular weight is 322 g/mol. The van der Waals surface area contributed by atoms with Gasteiger partial charge in [0.2, 0.25) is 0 Å². The number of hydrogen-bond donors (Lipinski definition) is 2. The van der Waals surface area contributed by atoms with Gasteiger partial charge in [0.05, 0.1) is 2.88 Å². The zero-order valence-electron chi connectivity index (χ0n) is 6.87. The van der Waals surface area contributed by atoms with E-state index in [0.717, 1.165) is 13.7 Å². The molecule has 1 heterocycles. The van der Waals surface area contributed by atoms with Gasteiger partial charge in [-0.05, 0) is 51.6 Å². The summed E-state index contributed by atoms with van der Waals surface area (Å²) in [5.74, 6) is -0.446. The van der Waals surface area contributed by atoms with Gasteiger partial charge >= 0.3 is 7.12 Å². The van der Waals surface area contributed by atoms with Crippen molar-refractivity contribution in [2.24, 2.45) is 0 Å². The van der Waals surface area contributed by atoms with E-state index in [4.69, 9.17) is 10.0 Å². The molecule has 2 rings (SSSR count). The van der Waals surface area contributed by atoms with Crippen LogP contribution in [0.3, 0.4) is 0 Å². The Morgan fingerprint density at radius 2 is 2.00 bits per heavy atom. The zero-order chi connectivity index (χ0) is 10.3. The predicted octanol–water partition coefficient (Wildman–Crippen LogP) is 1.32. The third kappa shape index (κ3) is 1.79. The van der Waals surface area contributed by atoms with Crippen LogP contribution < -0.4 is 5.46 Å². The van der Waals surface area contributed by atoms with Crippen molar-refractivity contribution in [1.29, 1.82) is 0 Å². The molecule has 0 atom stereocenters. The Morgan fingerprint density at radius 1 is 1.29 bits per heavy atom. The van der Waals surface area contributed by atoms with Gasteiger partial charge in [-0.2, -0.15) is 0 Å². The van der Waals surface area contributed by atoms with Crippen molar-refractivity contribution >= 4 is 56.6 Å². The second-order valence-corrected chi connectivity index (χ2v) is 5.81. The Morgan fingerprint density at radius 3 is 2.64 bits per heavy atom. The molecule has 6 heteroatoms. The third-order valence-electron chi connectivity index (χ3n) is 1.88. The second-order valence-electron chi connectivity index (χ2n) is 2.83. The lowest BCUT2D eigenvalue weighted by molar-refractivity contribution is 0.426. The normalized spacial score (nSPS) is 10.9. The molecule has 0 saturated carbocycles. The van der Waals surface area contributed by atoms with Crippen LogP contribution in [0.5, 0.6) is 0 Å². The molecule has 0 saturated heterocycles. The van der Waals surface area contributed by atoms with E-state index in [-0.39, 0.29) is 5.46 Å². The number of hydrogen-bond acceptors (Lipinski definition) is 3. The lowest BCUT2D eigenvalue weighted by Gasteiger charge is -2.01. The average Bonchev–Trinajstić information content (AvgIpc) is 2.42. The number of benzene rings is 1. The summed E-state index contributed by atoms with van der Waals surface area (Å²) in [6, 6.07) is 4.36. The van der Waals surface area contributed by atoms with E-state index in [1.54, 1.807) is 0 Å². The first-order chi connectivity index (χ1) is 6.58. The van der Waals surface area contributed by atoms with Gasteiger partial charge in [-0.3, -0.25) is 0 Å². The summed E-state index contributed by atoms with van der Waals surface area (Å²) >= 11 is 3.54. The van der Waals surface area contributed by atoms with Crippen molar-refractivity contribution in [3.05, 3.63) is 26.9 Å². The van der Waals surface area contributed by atoms with Crippen LogP contribution in [0, 0.1) is 8.70 Å². The summed E-state index contributed by atoms with van der Waals surface area (Å²) in [6.07, 6.45) is 0. The molecule has 0 aliphatic rings. The van der Waals surface area contributed by atoms with Crippen LogP contribution >= 0.6 is 33.9 Å². The van der Waals surface area contributed by atoms with Crippen molar-refractivity contribution in [1.82, 2.24) is 0 Å². The molecular weight excluding hydrogens is 317 g/mol. The topological polar surface area (TPSA) is 40.5 Å². The van der Waals surface area contributed by atoms with E-state index in [9.17, 15) is 4.39 Å². The van der Waals surface area contributed by atoms with E-state index in [1.165, 1.54) is 17.4 Å². The van der Waals surface area contributed by atoms with E-state index in [0.29, 0.717) is 5.39 Å². The van der Waals surface area contributed by atoms with Crippen molar-refractivity contribution in [3.63, 3.8) is 0 Å². The molecule has 0 spiro atoms. The summed E-state index contributed by atoms with van der Waals surface area (Å²) < 4.78 is 14.8. The summed E-state index contributed by atoms with van der Waals surface area (Å²) in [7, 11) is -1.63. The van der Waals surface area contributed by atoms with Crippen LogP contribution in [0.4, 0.5) is 4.39 Å². The number of halogens is 2. The van der Waals surface area contributed by atoms with Gasteiger partial charge in [-0.25, -0.2) is 4.39 Å². The Bertz CT molecular complexity index is 485. The highest BCUT2D eigenvalue weighted by atomic mass is 127. The summed E-state index contributed by atoms with van der Waals surface area (Å²) in [5, 5.41) is 18.8. The summed E-state index contributed by atoms with van der Waals surface area (Å²) in [5.41, 5.74) is 0.221. The highest BCUT2D eigenvalue weighted by Gasteiger charge is 2.17. The first-order valence-corrected chi connectivity index (χ1v) is 5.72. The quantitative estimate of drug-likeness (QED) is 0.614. The zero-order valence-corrected chi connectivity index (χ0v) is 9.84. The predicted molar refractivity (Wildman–Crippen MR) is 64.3 cm³/mol. The van der Waals surface area contributed by atoms with Gasteiger partial charge in [0.1, 0.15) is 5.82 Å². The van der Waals surface area contributed by atoms with Crippen molar-refractivity contribution in [3.8, 4) is 0 Å². The Hall–Kier alpha value is -0.175. The standard InChI is InChI=1S/C8H5BFIO2S/c10-4-1-6(9(12)13)5-3-8(11)14-7(5)2-4/h1-3,12-13H. The highest BCUT2D eigenvalue weighted by Crippen LogP contribution is 2.26. The number of rotatable bonds is 1. The lowest BCUT2D eigenvalue weighted by Crippen LogP contribution is -2.30. The van der Waals surface area contributed by atoms with Crippen molar-refractivity contribution in [2.75, 3.05) is 0 Å². The van der Waals surface area contributed by atoms with Gasteiger partial charge < -0.3 is 10.0 Å². The fourth-order valence-electron chi connectivity index (χ4n) is 1.31. The molecule has 2 N–H and O–H groups in total. The maximum absolute atomic E-state index is 13.0. The van der Waals surface area contributed by atoms with Crippen LogP contribution in [0.1, 0.15) is 0 Å². The number of fused-ring (bicyclic) bond motifs is 1. The van der Waals surface area contributed by atoms with Crippen LogP contribution in [0.2, 0.25) is 0 Å². The fraction of sp³-hybridized carbons (Fsp3) is 0. The molecule has 0 aliphatic carbocycles. The first-order valence-electron chi connectivity index (χ1n) is 3.82. The molecule has 72 valence electrons. The Balaban J connectivity index is 2.79. The highest BCUT2D eigenvalue weighted by molar-refractivity contribution is 14.1. The van der Waals surface area contributed by atoms with Crippen LogP contribution in [-0.2, 0) is 0 Å². The van der Waals surface area contributed by atoms with Gasteiger partial charge in [-0.15, -0.1) is 11.3 Å².